The first-order chi connectivity index (χ1) is 10.5. The molecule has 1 fully saturated rings. The topological polar surface area (TPSA) is 74.8 Å². The van der Waals surface area contributed by atoms with Crippen LogP contribution >= 0.6 is 23.1 Å². The molecule has 1 aliphatic carbocycles. The van der Waals surface area contributed by atoms with Crippen molar-refractivity contribution >= 4 is 39.2 Å². The molecule has 3 rings (SSSR count). The molecule has 0 saturated heterocycles. The number of aryl methyl sites for hydroxylation is 2. The molecule has 0 aliphatic heterocycles. The van der Waals surface area contributed by atoms with Gasteiger partial charge < -0.3 is 10.3 Å². The minimum atomic E-state index is -0.120. The molecule has 2 aromatic rings. The van der Waals surface area contributed by atoms with E-state index in [0.29, 0.717) is 16.6 Å². The van der Waals surface area contributed by atoms with Crippen LogP contribution in [0.4, 0.5) is 0 Å². The Morgan fingerprint density at radius 3 is 2.86 bits per heavy atom. The summed E-state index contributed by atoms with van der Waals surface area (Å²) < 4.78 is 0. The van der Waals surface area contributed by atoms with Crippen molar-refractivity contribution in [2.75, 3.05) is 5.75 Å². The lowest BCUT2D eigenvalue weighted by atomic mass is 10.2. The van der Waals surface area contributed by atoms with Crippen molar-refractivity contribution in [1.29, 1.82) is 0 Å². The highest BCUT2D eigenvalue weighted by Crippen LogP contribution is 2.27. The number of hydrogen-bond donors (Lipinski definition) is 2. The predicted molar refractivity (Wildman–Crippen MR) is 90.8 cm³/mol. The molecule has 0 unspecified atom stereocenters. The molecule has 22 heavy (non-hydrogen) atoms. The van der Waals surface area contributed by atoms with Gasteiger partial charge in [0.1, 0.15) is 4.83 Å². The van der Waals surface area contributed by atoms with Crippen LogP contribution in [0.1, 0.15) is 36.1 Å². The smallest absolute Gasteiger partial charge is 0.260 e. The number of fused-ring (bicyclic) bond motifs is 1. The number of amides is 1. The molecule has 2 aromatic heterocycles. The molecule has 0 atom stereocenters. The van der Waals surface area contributed by atoms with Crippen LogP contribution < -0.4 is 10.9 Å². The van der Waals surface area contributed by atoms with Crippen LogP contribution in [0.2, 0.25) is 0 Å². The van der Waals surface area contributed by atoms with Gasteiger partial charge in [0.05, 0.1) is 11.1 Å². The Bertz CT molecular complexity index is 760. The van der Waals surface area contributed by atoms with Crippen LogP contribution in [0.3, 0.4) is 0 Å². The van der Waals surface area contributed by atoms with Crippen molar-refractivity contribution in [3.8, 4) is 0 Å². The summed E-state index contributed by atoms with van der Waals surface area (Å²) in [5, 5.41) is 4.22. The number of thioether (sulfide) groups is 1. The SMILES string of the molecule is Cc1sc2nc(SCC(=O)NC3CCCC3)[nH]c(=O)c2c1C. The lowest BCUT2D eigenvalue weighted by Crippen LogP contribution is -2.33. The van der Waals surface area contributed by atoms with E-state index in [1.807, 2.05) is 13.8 Å². The first-order valence-corrected chi connectivity index (χ1v) is 9.27. The van der Waals surface area contributed by atoms with Crippen molar-refractivity contribution in [3.05, 3.63) is 20.8 Å². The van der Waals surface area contributed by atoms with Gasteiger partial charge in [0, 0.05) is 10.9 Å². The maximum absolute atomic E-state index is 12.2. The molecule has 0 radical (unpaired) electrons. The molecule has 5 nitrogen and oxygen atoms in total. The van der Waals surface area contributed by atoms with Crippen LogP contribution in [0.15, 0.2) is 9.95 Å². The Kier molecular flexibility index (Phi) is 4.54. The summed E-state index contributed by atoms with van der Waals surface area (Å²) in [6.07, 6.45) is 4.54. The number of nitrogens with one attached hydrogen (secondary N) is 2. The standard InChI is InChI=1S/C15H19N3O2S2/c1-8-9(2)22-14-12(8)13(20)17-15(18-14)21-7-11(19)16-10-5-3-4-6-10/h10H,3-7H2,1-2H3,(H,16,19)(H,17,18,20). The number of rotatable bonds is 4. The van der Waals surface area contributed by atoms with Crippen molar-refractivity contribution in [2.45, 2.75) is 50.7 Å². The lowest BCUT2D eigenvalue weighted by molar-refractivity contribution is -0.119. The summed E-state index contributed by atoms with van der Waals surface area (Å²) in [4.78, 5) is 33.2. The van der Waals surface area contributed by atoms with E-state index in [9.17, 15) is 9.59 Å². The third-order valence-electron chi connectivity index (χ3n) is 4.08. The second kappa shape index (κ2) is 6.42. The van der Waals surface area contributed by atoms with Crippen molar-refractivity contribution in [3.63, 3.8) is 0 Å². The maximum Gasteiger partial charge on any atom is 0.260 e. The average molecular weight is 337 g/mol. The highest BCUT2D eigenvalue weighted by atomic mass is 32.2. The maximum atomic E-state index is 12.2. The second-order valence-electron chi connectivity index (χ2n) is 5.67. The van der Waals surface area contributed by atoms with Crippen LogP contribution in [0.25, 0.3) is 10.2 Å². The van der Waals surface area contributed by atoms with E-state index in [-0.39, 0.29) is 17.2 Å². The van der Waals surface area contributed by atoms with Gasteiger partial charge in [0.25, 0.3) is 5.56 Å². The number of thiophene rings is 1. The third kappa shape index (κ3) is 3.20. The van der Waals surface area contributed by atoms with E-state index >= 15 is 0 Å². The highest BCUT2D eigenvalue weighted by molar-refractivity contribution is 7.99. The fourth-order valence-corrected chi connectivity index (χ4v) is 4.54. The number of H-pyrrole nitrogens is 1. The Labute approximate surface area is 136 Å². The molecular formula is C15H19N3O2S2. The molecule has 2 N–H and O–H groups in total. The van der Waals surface area contributed by atoms with Crippen LogP contribution in [-0.2, 0) is 4.79 Å². The third-order valence-corrected chi connectivity index (χ3v) is 6.05. The molecule has 118 valence electrons. The number of carbonyl (C=O) groups is 1. The summed E-state index contributed by atoms with van der Waals surface area (Å²) in [7, 11) is 0. The number of hydrogen-bond acceptors (Lipinski definition) is 5. The Hall–Kier alpha value is -1.34. The first-order valence-electron chi connectivity index (χ1n) is 7.47. The quantitative estimate of drug-likeness (QED) is 0.664. The van der Waals surface area contributed by atoms with Gasteiger partial charge in [-0.05, 0) is 32.3 Å². The van der Waals surface area contributed by atoms with E-state index < -0.39 is 0 Å². The second-order valence-corrected chi connectivity index (χ2v) is 7.84. The van der Waals surface area contributed by atoms with Gasteiger partial charge in [-0.3, -0.25) is 9.59 Å². The summed E-state index contributed by atoms with van der Waals surface area (Å²) in [5.74, 6) is 0.298. The fourth-order valence-electron chi connectivity index (χ4n) is 2.78. The van der Waals surface area contributed by atoms with E-state index in [4.69, 9.17) is 0 Å². The minimum Gasteiger partial charge on any atom is -0.353 e. The van der Waals surface area contributed by atoms with Gasteiger partial charge in [0.15, 0.2) is 5.16 Å². The van der Waals surface area contributed by atoms with E-state index in [1.165, 1.54) is 35.9 Å². The zero-order chi connectivity index (χ0) is 15.7. The Balaban J connectivity index is 1.69. The molecular weight excluding hydrogens is 318 g/mol. The predicted octanol–water partition coefficient (Wildman–Crippen LogP) is 2.75. The van der Waals surface area contributed by atoms with Gasteiger partial charge in [-0.1, -0.05) is 24.6 Å². The van der Waals surface area contributed by atoms with E-state index in [1.54, 1.807) is 0 Å². The van der Waals surface area contributed by atoms with Gasteiger partial charge in [-0.2, -0.15) is 0 Å². The van der Waals surface area contributed by atoms with Crippen LogP contribution in [-0.4, -0.2) is 27.7 Å². The average Bonchev–Trinajstić information content (AvgIpc) is 3.06. The summed E-state index contributed by atoms with van der Waals surface area (Å²) in [6, 6.07) is 0.324. The van der Waals surface area contributed by atoms with Crippen molar-refractivity contribution in [1.82, 2.24) is 15.3 Å². The van der Waals surface area contributed by atoms with E-state index in [2.05, 4.69) is 15.3 Å². The largest absolute Gasteiger partial charge is 0.353 e. The van der Waals surface area contributed by atoms with Gasteiger partial charge in [-0.15, -0.1) is 11.3 Å². The summed E-state index contributed by atoms with van der Waals surface area (Å²) >= 11 is 2.81. The molecule has 2 heterocycles. The molecule has 0 bridgehead atoms. The van der Waals surface area contributed by atoms with Gasteiger partial charge in [0.2, 0.25) is 5.91 Å². The zero-order valence-corrected chi connectivity index (χ0v) is 14.3. The Morgan fingerprint density at radius 1 is 1.41 bits per heavy atom. The molecule has 1 amide bonds. The number of aromatic amines is 1. The number of nitrogens with zero attached hydrogens (tertiary/aromatic N) is 1. The van der Waals surface area contributed by atoms with Crippen molar-refractivity contribution in [2.24, 2.45) is 0 Å². The fraction of sp³-hybridized carbons (Fsp3) is 0.533. The number of aromatic nitrogens is 2. The van der Waals surface area contributed by atoms with Crippen molar-refractivity contribution < 1.29 is 4.79 Å². The number of carbonyl (C=O) groups excluding carboxylic acids is 1. The Morgan fingerprint density at radius 2 is 2.14 bits per heavy atom. The van der Waals surface area contributed by atoms with Gasteiger partial charge in [-0.25, -0.2) is 4.98 Å². The minimum absolute atomic E-state index is 0.0122. The van der Waals surface area contributed by atoms with Crippen LogP contribution in [0.5, 0.6) is 0 Å². The lowest BCUT2D eigenvalue weighted by Gasteiger charge is -2.11. The highest BCUT2D eigenvalue weighted by Gasteiger charge is 2.18. The summed E-state index contributed by atoms with van der Waals surface area (Å²) in [5.41, 5.74) is 0.870. The van der Waals surface area contributed by atoms with Gasteiger partial charge >= 0.3 is 0 Å². The monoisotopic (exact) mass is 337 g/mol. The summed E-state index contributed by atoms with van der Waals surface area (Å²) in [6.45, 7) is 3.93. The molecule has 1 saturated carbocycles. The van der Waals surface area contributed by atoms with E-state index in [0.717, 1.165) is 28.1 Å². The normalized spacial score (nSPS) is 15.5. The van der Waals surface area contributed by atoms with Crippen LogP contribution in [0, 0.1) is 13.8 Å². The molecule has 7 heteroatoms. The molecule has 0 aromatic carbocycles. The molecule has 0 spiro atoms. The zero-order valence-electron chi connectivity index (χ0n) is 12.7. The molecule has 1 aliphatic rings. The first kappa shape index (κ1) is 15.6.